The summed E-state index contributed by atoms with van der Waals surface area (Å²) >= 11 is 0. The molecule has 1 aliphatic rings. The van der Waals surface area contributed by atoms with E-state index in [4.69, 9.17) is 9.84 Å². The summed E-state index contributed by atoms with van der Waals surface area (Å²) in [5.41, 5.74) is 0.411. The van der Waals surface area contributed by atoms with Crippen LogP contribution in [0.1, 0.15) is 38.3 Å². The highest BCUT2D eigenvalue weighted by molar-refractivity contribution is 5.97. The molecule has 2 aromatic rings. The molecule has 2 amide bonds. The Kier molecular flexibility index (Phi) is 5.88. The summed E-state index contributed by atoms with van der Waals surface area (Å²) in [6.07, 6.45) is 0. The van der Waals surface area contributed by atoms with Gasteiger partial charge in [-0.05, 0) is 31.2 Å². The van der Waals surface area contributed by atoms with Gasteiger partial charge in [-0.2, -0.15) is 0 Å². The number of carbonyl (C=O) groups excluding carboxylic acids is 2. The summed E-state index contributed by atoms with van der Waals surface area (Å²) in [6.45, 7) is 3.78. The second-order valence-electron chi connectivity index (χ2n) is 6.23. The monoisotopic (exact) mass is 383 g/mol. The lowest BCUT2D eigenvalue weighted by Gasteiger charge is -2.34. The smallest absolute Gasteiger partial charge is 0.354 e. The Morgan fingerprint density at radius 3 is 2.18 bits per heavy atom. The molecule has 146 valence electrons. The van der Waals surface area contributed by atoms with Crippen LogP contribution in [0.3, 0.4) is 0 Å². The van der Waals surface area contributed by atoms with Crippen molar-refractivity contribution in [2.24, 2.45) is 0 Å². The van der Waals surface area contributed by atoms with E-state index in [1.165, 1.54) is 18.2 Å². The molecule has 1 saturated heterocycles. The van der Waals surface area contributed by atoms with Crippen molar-refractivity contribution >= 4 is 17.8 Å². The van der Waals surface area contributed by atoms with Crippen LogP contribution < -0.4 is 4.74 Å². The summed E-state index contributed by atoms with van der Waals surface area (Å²) in [6, 6.07) is 11.4. The van der Waals surface area contributed by atoms with E-state index in [0.717, 1.165) is 0 Å². The van der Waals surface area contributed by atoms with Gasteiger partial charge in [-0.1, -0.05) is 18.2 Å². The van der Waals surface area contributed by atoms with E-state index in [1.807, 2.05) is 13.0 Å². The number of aromatic nitrogens is 1. The van der Waals surface area contributed by atoms with Crippen LogP contribution in [0.5, 0.6) is 5.75 Å². The number of para-hydroxylation sites is 1. The van der Waals surface area contributed by atoms with Crippen molar-refractivity contribution in [3.63, 3.8) is 0 Å². The maximum Gasteiger partial charge on any atom is 0.354 e. The minimum absolute atomic E-state index is 0.0846. The van der Waals surface area contributed by atoms with Gasteiger partial charge < -0.3 is 19.6 Å². The first-order valence-corrected chi connectivity index (χ1v) is 9.02. The quantitative estimate of drug-likeness (QED) is 0.845. The van der Waals surface area contributed by atoms with Crippen molar-refractivity contribution in [2.75, 3.05) is 32.8 Å². The van der Waals surface area contributed by atoms with Crippen LogP contribution in [0.15, 0.2) is 42.5 Å². The molecule has 1 aromatic heterocycles. The molecule has 1 fully saturated rings. The number of hydrogen-bond acceptors (Lipinski definition) is 5. The van der Waals surface area contributed by atoms with Crippen LogP contribution in [0.2, 0.25) is 0 Å². The van der Waals surface area contributed by atoms with Gasteiger partial charge in [0.1, 0.15) is 17.1 Å². The number of aromatic carboxylic acids is 1. The van der Waals surface area contributed by atoms with E-state index < -0.39 is 5.97 Å². The second kappa shape index (κ2) is 8.51. The molecule has 8 heteroatoms. The fourth-order valence-corrected chi connectivity index (χ4v) is 3.04. The Hall–Kier alpha value is -3.42. The Bertz CT molecular complexity index is 891. The van der Waals surface area contributed by atoms with Gasteiger partial charge in [0.05, 0.1) is 12.2 Å². The zero-order valence-corrected chi connectivity index (χ0v) is 15.5. The molecule has 0 unspecified atom stereocenters. The van der Waals surface area contributed by atoms with E-state index in [-0.39, 0.29) is 23.2 Å². The van der Waals surface area contributed by atoms with Gasteiger partial charge in [-0.3, -0.25) is 9.59 Å². The van der Waals surface area contributed by atoms with Gasteiger partial charge >= 0.3 is 5.97 Å². The van der Waals surface area contributed by atoms with Crippen LogP contribution in [0, 0.1) is 0 Å². The molecule has 0 aliphatic carbocycles. The lowest BCUT2D eigenvalue weighted by Crippen LogP contribution is -2.50. The number of hydrogen-bond donors (Lipinski definition) is 1. The minimum Gasteiger partial charge on any atom is -0.493 e. The first kappa shape index (κ1) is 19.3. The number of nitrogens with zero attached hydrogens (tertiary/aromatic N) is 3. The molecule has 0 saturated carbocycles. The maximum absolute atomic E-state index is 12.8. The highest BCUT2D eigenvalue weighted by Gasteiger charge is 2.27. The predicted octanol–water partition coefficient (Wildman–Crippen LogP) is 1.78. The number of rotatable bonds is 5. The van der Waals surface area contributed by atoms with E-state index in [9.17, 15) is 14.4 Å². The number of pyridine rings is 1. The number of amides is 2. The highest BCUT2D eigenvalue weighted by Crippen LogP contribution is 2.21. The maximum atomic E-state index is 12.8. The van der Waals surface area contributed by atoms with Crippen molar-refractivity contribution in [3.8, 4) is 5.75 Å². The molecule has 3 rings (SSSR count). The summed E-state index contributed by atoms with van der Waals surface area (Å²) in [5.74, 6) is -1.12. The topological polar surface area (TPSA) is 100 Å². The molecule has 1 aliphatic heterocycles. The molecular weight excluding hydrogens is 362 g/mol. The average Bonchev–Trinajstić information content (AvgIpc) is 2.73. The summed E-state index contributed by atoms with van der Waals surface area (Å²) < 4.78 is 5.53. The fourth-order valence-electron chi connectivity index (χ4n) is 3.04. The first-order valence-electron chi connectivity index (χ1n) is 9.02. The molecule has 2 heterocycles. The summed E-state index contributed by atoms with van der Waals surface area (Å²) in [4.78, 5) is 43.6. The second-order valence-corrected chi connectivity index (χ2v) is 6.23. The van der Waals surface area contributed by atoms with Crippen LogP contribution in [-0.2, 0) is 0 Å². The van der Waals surface area contributed by atoms with Gasteiger partial charge in [0.15, 0.2) is 0 Å². The van der Waals surface area contributed by atoms with Crippen molar-refractivity contribution in [1.29, 1.82) is 0 Å². The number of carboxylic acids is 1. The molecule has 8 nitrogen and oxygen atoms in total. The number of carboxylic acid groups (broad SMARTS) is 1. The molecule has 0 bridgehead atoms. The number of piperazine rings is 1. The van der Waals surface area contributed by atoms with Gasteiger partial charge in [0, 0.05) is 26.2 Å². The molecule has 0 atom stereocenters. The zero-order valence-electron chi connectivity index (χ0n) is 15.5. The molecule has 1 aromatic carbocycles. The number of carbonyl (C=O) groups is 3. The number of benzene rings is 1. The molecule has 0 radical (unpaired) electrons. The fraction of sp³-hybridized carbons (Fsp3) is 0.300. The first-order chi connectivity index (χ1) is 13.5. The van der Waals surface area contributed by atoms with Gasteiger partial charge in [-0.15, -0.1) is 0 Å². The van der Waals surface area contributed by atoms with Gasteiger partial charge in [0.25, 0.3) is 11.8 Å². The Balaban J connectivity index is 1.66. The molecular formula is C20H21N3O5. The SMILES string of the molecule is CCOc1ccccc1C(=O)N1CCN(C(=O)c2cccc(C(=O)O)n2)CC1. The van der Waals surface area contributed by atoms with Crippen LogP contribution in [-0.4, -0.2) is 70.5 Å². The van der Waals surface area contributed by atoms with E-state index in [1.54, 1.807) is 28.0 Å². The highest BCUT2D eigenvalue weighted by atomic mass is 16.5. The van der Waals surface area contributed by atoms with Gasteiger partial charge in [-0.25, -0.2) is 9.78 Å². The van der Waals surface area contributed by atoms with Crippen molar-refractivity contribution in [3.05, 3.63) is 59.4 Å². The lowest BCUT2D eigenvalue weighted by atomic mass is 10.1. The Labute approximate surface area is 162 Å². The molecule has 28 heavy (non-hydrogen) atoms. The van der Waals surface area contributed by atoms with E-state index in [2.05, 4.69) is 4.98 Å². The van der Waals surface area contributed by atoms with E-state index >= 15 is 0 Å². The predicted molar refractivity (Wildman–Crippen MR) is 101 cm³/mol. The Morgan fingerprint density at radius 1 is 0.929 bits per heavy atom. The normalized spacial score (nSPS) is 13.9. The van der Waals surface area contributed by atoms with Crippen molar-refractivity contribution in [1.82, 2.24) is 14.8 Å². The Morgan fingerprint density at radius 2 is 1.54 bits per heavy atom. The van der Waals surface area contributed by atoms with Crippen molar-refractivity contribution < 1.29 is 24.2 Å². The lowest BCUT2D eigenvalue weighted by molar-refractivity contribution is 0.0529. The minimum atomic E-state index is -1.18. The van der Waals surface area contributed by atoms with Crippen LogP contribution in [0.25, 0.3) is 0 Å². The largest absolute Gasteiger partial charge is 0.493 e. The standard InChI is InChI=1S/C20H21N3O5/c1-2-28-17-9-4-3-6-14(17)18(24)22-10-12-23(13-11-22)19(25)15-7-5-8-16(21-15)20(26)27/h3-9H,2,10-13H2,1H3,(H,26,27). The van der Waals surface area contributed by atoms with E-state index in [0.29, 0.717) is 44.1 Å². The third-order valence-electron chi connectivity index (χ3n) is 4.46. The summed E-state index contributed by atoms with van der Waals surface area (Å²) in [7, 11) is 0. The summed E-state index contributed by atoms with van der Waals surface area (Å²) in [5, 5.41) is 9.02. The van der Waals surface area contributed by atoms with Crippen molar-refractivity contribution in [2.45, 2.75) is 6.92 Å². The molecule has 0 spiro atoms. The van der Waals surface area contributed by atoms with Gasteiger partial charge in [0.2, 0.25) is 0 Å². The zero-order chi connectivity index (χ0) is 20.1. The molecule has 1 N–H and O–H groups in total. The third kappa shape index (κ3) is 4.11. The average molecular weight is 383 g/mol. The third-order valence-corrected chi connectivity index (χ3v) is 4.46. The van der Waals surface area contributed by atoms with Crippen LogP contribution >= 0.6 is 0 Å². The van der Waals surface area contributed by atoms with Crippen LogP contribution in [0.4, 0.5) is 0 Å². The number of ether oxygens (including phenoxy) is 1.